The number of hydrogen-bond acceptors (Lipinski definition) is 3. The molecule has 0 spiro atoms. The number of rotatable bonds is 9. The number of nitrogens with zero attached hydrogens (tertiary/aromatic N) is 1. The standard InChI is InChI=1S/C25H35NO4/c1-16(2)21-13-19(8-9-23(21)27)14-22-17(3)12-24(30-15-25(28)29)20(18(22)4)10-11-26(5,6)7/h8-9,12-13,16H,10-11,14-15H2,1-7H3,(H-,27,28,29)/p+1. The van der Waals surface area contributed by atoms with Crippen LogP contribution in [0.25, 0.3) is 0 Å². The maximum Gasteiger partial charge on any atom is 0.341 e. The topological polar surface area (TPSA) is 66.8 Å². The summed E-state index contributed by atoms with van der Waals surface area (Å²) in [5, 5.41) is 19.2. The van der Waals surface area contributed by atoms with Crippen molar-refractivity contribution in [2.24, 2.45) is 0 Å². The fourth-order valence-corrected chi connectivity index (χ4v) is 3.71. The zero-order valence-corrected chi connectivity index (χ0v) is 19.4. The van der Waals surface area contributed by atoms with Crippen molar-refractivity contribution in [2.75, 3.05) is 34.3 Å². The Bertz CT molecular complexity index is 910. The normalized spacial score (nSPS) is 11.7. The van der Waals surface area contributed by atoms with Crippen LogP contribution in [0.15, 0.2) is 24.3 Å². The second-order valence-corrected chi connectivity index (χ2v) is 9.44. The minimum absolute atomic E-state index is 0.249. The lowest BCUT2D eigenvalue weighted by atomic mass is 9.89. The van der Waals surface area contributed by atoms with E-state index in [1.807, 2.05) is 19.1 Å². The van der Waals surface area contributed by atoms with Gasteiger partial charge in [-0.1, -0.05) is 26.0 Å². The van der Waals surface area contributed by atoms with Crippen molar-refractivity contribution in [1.29, 1.82) is 0 Å². The number of ether oxygens (including phenoxy) is 1. The van der Waals surface area contributed by atoms with Crippen molar-refractivity contribution < 1.29 is 24.2 Å². The summed E-state index contributed by atoms with van der Waals surface area (Å²) in [4.78, 5) is 11.0. The van der Waals surface area contributed by atoms with Crippen LogP contribution in [0.2, 0.25) is 0 Å². The van der Waals surface area contributed by atoms with Gasteiger partial charge < -0.3 is 19.4 Å². The number of aryl methyl sites for hydroxylation is 1. The molecule has 0 unspecified atom stereocenters. The predicted octanol–water partition coefficient (Wildman–Crippen LogP) is 4.44. The molecule has 0 amide bonds. The Hall–Kier alpha value is -2.53. The third kappa shape index (κ3) is 6.23. The van der Waals surface area contributed by atoms with Crippen LogP contribution in [0, 0.1) is 13.8 Å². The lowest BCUT2D eigenvalue weighted by molar-refractivity contribution is -0.870. The molecule has 5 nitrogen and oxygen atoms in total. The molecule has 0 aliphatic heterocycles. The summed E-state index contributed by atoms with van der Waals surface area (Å²) in [6.07, 6.45) is 1.57. The molecule has 2 aromatic carbocycles. The van der Waals surface area contributed by atoms with E-state index in [0.29, 0.717) is 11.5 Å². The zero-order valence-electron chi connectivity index (χ0n) is 19.4. The number of aromatic hydroxyl groups is 1. The summed E-state index contributed by atoms with van der Waals surface area (Å²) in [6, 6.07) is 7.80. The fourth-order valence-electron chi connectivity index (χ4n) is 3.71. The van der Waals surface area contributed by atoms with Gasteiger partial charge in [-0.3, -0.25) is 0 Å². The molecule has 0 fully saturated rings. The van der Waals surface area contributed by atoms with Crippen LogP contribution in [0.4, 0.5) is 0 Å². The second-order valence-electron chi connectivity index (χ2n) is 9.44. The highest BCUT2D eigenvalue weighted by Crippen LogP contribution is 2.33. The van der Waals surface area contributed by atoms with E-state index in [-0.39, 0.29) is 12.5 Å². The number of carbonyl (C=O) groups is 1. The van der Waals surface area contributed by atoms with E-state index in [2.05, 4.69) is 48.0 Å². The molecule has 0 saturated carbocycles. The molecule has 30 heavy (non-hydrogen) atoms. The monoisotopic (exact) mass is 414 g/mol. The van der Waals surface area contributed by atoms with Gasteiger partial charge in [-0.25, -0.2) is 4.79 Å². The third-order valence-electron chi connectivity index (χ3n) is 5.50. The first-order chi connectivity index (χ1) is 13.9. The highest BCUT2D eigenvalue weighted by atomic mass is 16.5. The van der Waals surface area contributed by atoms with Crippen LogP contribution < -0.4 is 4.74 Å². The predicted molar refractivity (Wildman–Crippen MR) is 121 cm³/mol. The Morgan fingerprint density at radius 3 is 2.33 bits per heavy atom. The van der Waals surface area contributed by atoms with Crippen LogP contribution in [0.5, 0.6) is 11.5 Å². The first-order valence-electron chi connectivity index (χ1n) is 10.5. The Morgan fingerprint density at radius 2 is 1.77 bits per heavy atom. The second kappa shape index (κ2) is 9.52. The number of phenols is 1. The van der Waals surface area contributed by atoms with Gasteiger partial charge in [-0.2, -0.15) is 0 Å². The van der Waals surface area contributed by atoms with Gasteiger partial charge in [0.05, 0.1) is 27.7 Å². The Balaban J connectivity index is 2.46. The maximum absolute atomic E-state index is 11.0. The van der Waals surface area contributed by atoms with Gasteiger partial charge in [0.1, 0.15) is 11.5 Å². The molecule has 0 aromatic heterocycles. The van der Waals surface area contributed by atoms with Crippen molar-refractivity contribution >= 4 is 5.97 Å². The lowest BCUT2D eigenvalue weighted by Crippen LogP contribution is -2.36. The number of likely N-dealkylation sites (N-methyl/N-ethyl adjacent to an activating group) is 1. The number of benzene rings is 2. The molecule has 0 aliphatic rings. The van der Waals surface area contributed by atoms with Crippen LogP contribution in [0.3, 0.4) is 0 Å². The van der Waals surface area contributed by atoms with Crippen molar-refractivity contribution in [3.8, 4) is 11.5 Å². The summed E-state index contributed by atoms with van der Waals surface area (Å²) in [5.74, 6) is 0.276. The van der Waals surface area contributed by atoms with Gasteiger partial charge in [0, 0.05) is 12.0 Å². The highest BCUT2D eigenvalue weighted by molar-refractivity contribution is 5.68. The molecule has 0 bridgehead atoms. The average Bonchev–Trinajstić information content (AvgIpc) is 2.62. The number of aliphatic carboxylic acids is 1. The SMILES string of the molecule is Cc1cc(OCC(=O)O)c(CC[N+](C)(C)C)c(C)c1Cc1ccc(O)c(C(C)C)c1. The van der Waals surface area contributed by atoms with E-state index in [4.69, 9.17) is 9.84 Å². The van der Waals surface area contributed by atoms with Gasteiger partial charge in [0.25, 0.3) is 0 Å². The minimum atomic E-state index is -0.975. The van der Waals surface area contributed by atoms with E-state index < -0.39 is 5.97 Å². The smallest absolute Gasteiger partial charge is 0.341 e. The lowest BCUT2D eigenvalue weighted by Gasteiger charge is -2.26. The average molecular weight is 415 g/mol. The van der Waals surface area contributed by atoms with Crippen LogP contribution in [-0.2, 0) is 17.6 Å². The van der Waals surface area contributed by atoms with Gasteiger partial charge in [0.15, 0.2) is 6.61 Å². The van der Waals surface area contributed by atoms with E-state index in [1.54, 1.807) is 6.07 Å². The zero-order chi connectivity index (χ0) is 22.6. The van der Waals surface area contributed by atoms with E-state index in [9.17, 15) is 9.90 Å². The Morgan fingerprint density at radius 1 is 1.10 bits per heavy atom. The van der Waals surface area contributed by atoms with Crippen molar-refractivity contribution in [3.63, 3.8) is 0 Å². The van der Waals surface area contributed by atoms with Crippen LogP contribution in [-0.4, -0.2) is 55.0 Å². The summed E-state index contributed by atoms with van der Waals surface area (Å²) < 4.78 is 6.47. The molecule has 164 valence electrons. The Labute approximate surface area is 180 Å². The largest absolute Gasteiger partial charge is 0.508 e. The summed E-state index contributed by atoms with van der Waals surface area (Å²) in [5.41, 5.74) is 6.65. The van der Waals surface area contributed by atoms with E-state index >= 15 is 0 Å². The summed E-state index contributed by atoms with van der Waals surface area (Å²) >= 11 is 0. The number of carboxylic acids is 1. The number of carboxylic acid groups (broad SMARTS) is 1. The summed E-state index contributed by atoms with van der Waals surface area (Å²) in [7, 11) is 6.43. The summed E-state index contributed by atoms with van der Waals surface area (Å²) in [6.45, 7) is 8.88. The highest BCUT2D eigenvalue weighted by Gasteiger charge is 2.19. The number of hydrogen-bond donors (Lipinski definition) is 2. The molecule has 2 rings (SSSR count). The van der Waals surface area contributed by atoms with Gasteiger partial charge in [-0.05, 0) is 66.1 Å². The molecule has 0 heterocycles. The molecule has 0 saturated heterocycles. The van der Waals surface area contributed by atoms with Gasteiger partial charge in [0.2, 0.25) is 0 Å². The minimum Gasteiger partial charge on any atom is -0.508 e. The molecule has 0 aliphatic carbocycles. The maximum atomic E-state index is 11.0. The first kappa shape index (κ1) is 23.7. The molecule has 2 aromatic rings. The quantitative estimate of drug-likeness (QED) is 0.596. The van der Waals surface area contributed by atoms with Crippen molar-refractivity contribution in [1.82, 2.24) is 0 Å². The van der Waals surface area contributed by atoms with E-state index in [0.717, 1.165) is 51.7 Å². The molecular formula is C25H36NO4+. The van der Waals surface area contributed by atoms with Crippen LogP contribution >= 0.6 is 0 Å². The molecule has 0 radical (unpaired) electrons. The number of phenolic OH excluding ortho intramolecular Hbond substituents is 1. The third-order valence-corrected chi connectivity index (χ3v) is 5.50. The van der Waals surface area contributed by atoms with E-state index in [1.165, 1.54) is 5.56 Å². The van der Waals surface area contributed by atoms with Crippen molar-refractivity contribution in [3.05, 3.63) is 57.6 Å². The van der Waals surface area contributed by atoms with Gasteiger partial charge in [-0.15, -0.1) is 0 Å². The first-order valence-corrected chi connectivity index (χ1v) is 10.5. The fraction of sp³-hybridized carbons (Fsp3) is 0.480. The van der Waals surface area contributed by atoms with Crippen molar-refractivity contribution in [2.45, 2.75) is 46.5 Å². The Kier molecular flexibility index (Phi) is 7.54. The number of quaternary nitrogens is 1. The van der Waals surface area contributed by atoms with Crippen LogP contribution in [0.1, 0.15) is 53.1 Å². The molecule has 0 atom stereocenters. The molecule has 2 N–H and O–H groups in total. The molecule has 5 heteroatoms. The van der Waals surface area contributed by atoms with Gasteiger partial charge >= 0.3 is 5.97 Å². The molecular weight excluding hydrogens is 378 g/mol.